The van der Waals surface area contributed by atoms with Crippen LogP contribution in [0.2, 0.25) is 0 Å². The lowest BCUT2D eigenvalue weighted by Gasteiger charge is -2.31. The summed E-state index contributed by atoms with van der Waals surface area (Å²) in [4.78, 5) is 4.84. The lowest BCUT2D eigenvalue weighted by molar-refractivity contribution is 0.200. The number of fused-ring (bicyclic) bond motifs is 1. The van der Waals surface area contributed by atoms with E-state index in [1.807, 2.05) is 19.3 Å². The van der Waals surface area contributed by atoms with E-state index in [1.54, 1.807) is 21.6 Å². The van der Waals surface area contributed by atoms with Gasteiger partial charge in [-0.05, 0) is 19.4 Å². The van der Waals surface area contributed by atoms with E-state index in [2.05, 4.69) is 15.5 Å². The minimum absolute atomic E-state index is 0.0119. The fourth-order valence-electron chi connectivity index (χ4n) is 3.46. The Labute approximate surface area is 139 Å². The van der Waals surface area contributed by atoms with Crippen molar-refractivity contribution in [2.45, 2.75) is 24.8 Å². The number of nitrogens with zero attached hydrogens (tertiary/aromatic N) is 5. The van der Waals surface area contributed by atoms with Crippen molar-refractivity contribution in [3.05, 3.63) is 30.4 Å². The van der Waals surface area contributed by atoms with Crippen molar-refractivity contribution in [1.82, 2.24) is 29.7 Å². The van der Waals surface area contributed by atoms with Crippen LogP contribution >= 0.6 is 0 Å². The van der Waals surface area contributed by atoms with Crippen molar-refractivity contribution in [2.75, 3.05) is 18.9 Å². The third kappa shape index (κ3) is 2.44. The van der Waals surface area contributed by atoms with E-state index in [0.29, 0.717) is 5.82 Å². The van der Waals surface area contributed by atoms with Crippen LogP contribution in [0.3, 0.4) is 0 Å². The number of aliphatic hydroxyl groups excluding tert-OH is 1. The van der Waals surface area contributed by atoms with Crippen molar-refractivity contribution >= 4 is 11.5 Å². The zero-order chi connectivity index (χ0) is 16.7. The van der Waals surface area contributed by atoms with Crippen molar-refractivity contribution in [1.29, 1.82) is 0 Å². The van der Waals surface area contributed by atoms with Gasteiger partial charge in [-0.2, -0.15) is 14.7 Å². The summed E-state index contributed by atoms with van der Waals surface area (Å²) in [6, 6.07) is 1.88. The predicted molar refractivity (Wildman–Crippen MR) is 90.5 cm³/mol. The Morgan fingerprint density at radius 2 is 2.25 bits per heavy atom. The summed E-state index contributed by atoms with van der Waals surface area (Å²) in [5, 5.41) is 21.6. The molecule has 0 saturated carbocycles. The second kappa shape index (κ2) is 5.88. The Morgan fingerprint density at radius 3 is 3.00 bits per heavy atom. The minimum atomic E-state index is 0.0119. The quantitative estimate of drug-likeness (QED) is 0.648. The van der Waals surface area contributed by atoms with Crippen LogP contribution in [0, 0.1) is 0 Å². The molecule has 0 spiro atoms. The Morgan fingerprint density at radius 1 is 1.38 bits per heavy atom. The maximum Gasteiger partial charge on any atom is 0.165 e. The van der Waals surface area contributed by atoms with Crippen LogP contribution in [0.15, 0.2) is 24.7 Å². The van der Waals surface area contributed by atoms with Gasteiger partial charge in [-0.25, -0.2) is 4.98 Å². The second-order valence-electron chi connectivity index (χ2n) is 6.29. The van der Waals surface area contributed by atoms with Gasteiger partial charge in [0.1, 0.15) is 5.82 Å². The monoisotopic (exact) mass is 327 g/mol. The van der Waals surface area contributed by atoms with E-state index in [1.165, 1.54) is 0 Å². The smallest absolute Gasteiger partial charge is 0.165 e. The van der Waals surface area contributed by atoms with Gasteiger partial charge in [0.15, 0.2) is 5.65 Å². The lowest BCUT2D eigenvalue weighted by Crippen LogP contribution is -2.42. The molecule has 8 nitrogen and oxygen atoms in total. The first kappa shape index (κ1) is 15.1. The largest absolute Gasteiger partial charge is 0.395 e. The third-order valence-corrected chi connectivity index (χ3v) is 4.70. The molecular weight excluding hydrogens is 306 g/mol. The molecule has 8 heteroatoms. The molecule has 1 aliphatic heterocycles. The van der Waals surface area contributed by atoms with Gasteiger partial charge in [0.2, 0.25) is 0 Å². The molecule has 0 radical (unpaired) electrons. The van der Waals surface area contributed by atoms with Crippen LogP contribution in [0.25, 0.3) is 16.8 Å². The lowest BCUT2D eigenvalue weighted by atomic mass is 9.88. The summed E-state index contributed by atoms with van der Waals surface area (Å²) in [6.45, 7) is 1.01. The van der Waals surface area contributed by atoms with E-state index >= 15 is 0 Å². The third-order valence-electron chi connectivity index (χ3n) is 4.70. The number of rotatable bonds is 3. The van der Waals surface area contributed by atoms with E-state index in [0.717, 1.165) is 41.9 Å². The first-order valence-electron chi connectivity index (χ1n) is 8.15. The number of nitrogens with one attached hydrogen (secondary N) is 1. The summed E-state index contributed by atoms with van der Waals surface area (Å²) < 4.78 is 3.40. The highest BCUT2D eigenvalue weighted by molar-refractivity contribution is 5.77. The number of anilines is 1. The van der Waals surface area contributed by atoms with Crippen LogP contribution in [0.5, 0.6) is 0 Å². The molecule has 2 atom stereocenters. The van der Waals surface area contributed by atoms with Crippen LogP contribution in [-0.2, 0) is 7.05 Å². The van der Waals surface area contributed by atoms with E-state index in [9.17, 15) is 5.11 Å². The number of nitrogen functional groups attached to an aromatic ring is 1. The molecule has 24 heavy (non-hydrogen) atoms. The fourth-order valence-corrected chi connectivity index (χ4v) is 3.46. The molecule has 0 aromatic carbocycles. The van der Waals surface area contributed by atoms with Gasteiger partial charge in [0.05, 0.1) is 24.7 Å². The van der Waals surface area contributed by atoms with Gasteiger partial charge in [0, 0.05) is 42.4 Å². The summed E-state index contributed by atoms with van der Waals surface area (Å²) in [7, 11) is 1.88. The van der Waals surface area contributed by atoms with Crippen LogP contribution < -0.4 is 11.1 Å². The maximum absolute atomic E-state index is 9.65. The highest BCUT2D eigenvalue weighted by Crippen LogP contribution is 2.30. The Balaban J connectivity index is 1.83. The number of piperidine rings is 1. The molecule has 4 heterocycles. The summed E-state index contributed by atoms with van der Waals surface area (Å²) in [6.07, 6.45) is 7.53. The molecule has 3 aromatic rings. The maximum atomic E-state index is 9.65. The molecule has 4 N–H and O–H groups in total. The fraction of sp³-hybridized carbons (Fsp3) is 0.438. The SMILES string of the molecule is Cn1cc(-c2cnn3c(N)cc([C@H]4CCCN[C@@H]4CO)nc23)cn1. The van der Waals surface area contributed by atoms with Gasteiger partial charge in [-0.1, -0.05) is 0 Å². The van der Waals surface area contributed by atoms with Crippen LogP contribution in [0.1, 0.15) is 24.5 Å². The van der Waals surface area contributed by atoms with Crippen molar-refractivity contribution in [3.63, 3.8) is 0 Å². The molecule has 1 saturated heterocycles. The topological polar surface area (TPSA) is 106 Å². The number of nitrogens with two attached hydrogens (primary N) is 1. The molecular formula is C16H21N7O. The minimum Gasteiger partial charge on any atom is -0.395 e. The molecule has 0 amide bonds. The average molecular weight is 327 g/mol. The van der Waals surface area contributed by atoms with Gasteiger partial charge in [-0.15, -0.1) is 0 Å². The molecule has 0 bridgehead atoms. The molecule has 1 fully saturated rings. The molecule has 126 valence electrons. The Hall–Kier alpha value is -2.45. The highest BCUT2D eigenvalue weighted by Gasteiger charge is 2.28. The van der Waals surface area contributed by atoms with Crippen LogP contribution in [0.4, 0.5) is 5.82 Å². The molecule has 0 unspecified atom stereocenters. The summed E-state index contributed by atoms with van der Waals surface area (Å²) >= 11 is 0. The first-order valence-corrected chi connectivity index (χ1v) is 8.15. The first-order chi connectivity index (χ1) is 11.7. The molecule has 4 rings (SSSR count). The number of hydrogen-bond acceptors (Lipinski definition) is 6. The predicted octanol–water partition coefficient (Wildman–Crippen LogP) is 0.540. The van der Waals surface area contributed by atoms with Gasteiger partial charge in [0.25, 0.3) is 0 Å². The van der Waals surface area contributed by atoms with Gasteiger partial charge >= 0.3 is 0 Å². The molecule has 0 aliphatic carbocycles. The van der Waals surface area contributed by atoms with Crippen molar-refractivity contribution in [2.24, 2.45) is 7.05 Å². The van der Waals surface area contributed by atoms with Crippen molar-refractivity contribution in [3.8, 4) is 11.1 Å². The number of aliphatic hydroxyl groups is 1. The zero-order valence-electron chi connectivity index (χ0n) is 13.6. The molecule has 3 aromatic heterocycles. The van der Waals surface area contributed by atoms with E-state index < -0.39 is 0 Å². The average Bonchev–Trinajstić information content (AvgIpc) is 3.21. The molecule has 1 aliphatic rings. The van der Waals surface area contributed by atoms with E-state index in [-0.39, 0.29) is 18.6 Å². The van der Waals surface area contributed by atoms with Crippen molar-refractivity contribution < 1.29 is 5.11 Å². The number of aryl methyl sites for hydroxylation is 1. The highest BCUT2D eigenvalue weighted by atomic mass is 16.3. The van der Waals surface area contributed by atoms with E-state index in [4.69, 9.17) is 10.7 Å². The second-order valence-corrected chi connectivity index (χ2v) is 6.29. The normalized spacial score (nSPS) is 21.4. The number of aromatic nitrogens is 5. The van der Waals surface area contributed by atoms with Gasteiger partial charge < -0.3 is 16.2 Å². The summed E-state index contributed by atoms with van der Waals surface area (Å²) in [5.74, 6) is 0.695. The van der Waals surface area contributed by atoms with Gasteiger partial charge in [-0.3, -0.25) is 4.68 Å². The number of hydrogen-bond donors (Lipinski definition) is 3. The van der Waals surface area contributed by atoms with Crippen LogP contribution in [-0.4, -0.2) is 48.7 Å². The Kier molecular flexibility index (Phi) is 3.70. The summed E-state index contributed by atoms with van der Waals surface area (Å²) in [5.41, 5.74) is 9.69. The standard InChI is InChI=1S/C16H21N7O/c1-22-8-10(6-19-22)12-7-20-23-15(17)5-13(21-16(12)23)11-3-2-4-18-14(11)9-24/h5-8,11,14,18,24H,2-4,9,17H2,1H3/t11-,14-/m1/s1. The zero-order valence-corrected chi connectivity index (χ0v) is 13.6. The Bertz CT molecular complexity index is 869.